The van der Waals surface area contributed by atoms with Crippen molar-refractivity contribution in [1.82, 2.24) is 14.8 Å². The summed E-state index contributed by atoms with van der Waals surface area (Å²) in [5, 5.41) is 4.27. The molecule has 2 aromatic rings. The summed E-state index contributed by atoms with van der Waals surface area (Å²) in [6.07, 6.45) is 8.69. The van der Waals surface area contributed by atoms with Crippen LogP contribution in [0.1, 0.15) is 32.1 Å². The van der Waals surface area contributed by atoms with Crippen molar-refractivity contribution in [3.8, 4) is 0 Å². The molecule has 0 radical (unpaired) electrons. The number of hydrogen-bond acceptors (Lipinski definition) is 2. The number of fused-ring (bicyclic) bond motifs is 1. The lowest BCUT2D eigenvalue weighted by atomic mass is 9.94. The van der Waals surface area contributed by atoms with Crippen molar-refractivity contribution in [2.45, 2.75) is 44.7 Å². The molecular weight excluding hydrogens is 297 g/mol. The Labute approximate surface area is 145 Å². The van der Waals surface area contributed by atoms with E-state index in [-0.39, 0.29) is 5.91 Å². The number of hydrogen-bond donors (Lipinski definition) is 1. The average Bonchev–Trinajstić information content (AvgIpc) is 3.00. The summed E-state index contributed by atoms with van der Waals surface area (Å²) >= 11 is 0. The van der Waals surface area contributed by atoms with Gasteiger partial charge < -0.3 is 14.8 Å². The second kappa shape index (κ2) is 7.89. The van der Waals surface area contributed by atoms with Crippen LogP contribution < -0.4 is 10.8 Å². The molecular formula is C19H28BN3O. The van der Waals surface area contributed by atoms with Crippen LogP contribution in [0, 0.1) is 0 Å². The molecule has 0 bridgehead atoms. The fraction of sp³-hybridized carbons (Fsp3) is 0.526. The first-order chi connectivity index (χ1) is 11.6. The summed E-state index contributed by atoms with van der Waals surface area (Å²) in [5.74, 6) is 0.0906. The SMILES string of the molecule is Bc1cccc2ccn(CC(=O)NCCN(C)C3CCCCC3)c12. The van der Waals surface area contributed by atoms with E-state index in [4.69, 9.17) is 0 Å². The number of carbonyl (C=O) groups is 1. The molecule has 3 rings (SSSR count). The molecule has 5 heteroatoms. The van der Waals surface area contributed by atoms with Crippen LogP contribution in [0.4, 0.5) is 0 Å². The minimum atomic E-state index is 0.0906. The van der Waals surface area contributed by atoms with Crippen LogP contribution in [-0.4, -0.2) is 49.4 Å². The minimum absolute atomic E-state index is 0.0906. The van der Waals surface area contributed by atoms with Crippen molar-refractivity contribution in [3.63, 3.8) is 0 Å². The maximum Gasteiger partial charge on any atom is 0.239 e. The van der Waals surface area contributed by atoms with Crippen LogP contribution in [0.2, 0.25) is 0 Å². The van der Waals surface area contributed by atoms with E-state index >= 15 is 0 Å². The zero-order valence-corrected chi connectivity index (χ0v) is 14.9. The fourth-order valence-electron chi connectivity index (χ4n) is 3.87. The smallest absolute Gasteiger partial charge is 0.239 e. The predicted octanol–water partition coefficient (Wildman–Crippen LogP) is 1.28. The Bertz CT molecular complexity index is 691. The third kappa shape index (κ3) is 4.01. The molecule has 0 aliphatic heterocycles. The van der Waals surface area contributed by atoms with Crippen molar-refractivity contribution in [1.29, 1.82) is 0 Å². The molecule has 0 saturated heterocycles. The molecule has 4 nitrogen and oxygen atoms in total. The second-order valence-electron chi connectivity index (χ2n) is 7.08. The van der Waals surface area contributed by atoms with E-state index in [0.717, 1.165) is 18.6 Å². The zero-order valence-electron chi connectivity index (χ0n) is 14.9. The highest BCUT2D eigenvalue weighted by molar-refractivity contribution is 6.38. The van der Waals surface area contributed by atoms with Gasteiger partial charge in [0.2, 0.25) is 5.91 Å². The molecule has 1 aliphatic carbocycles. The van der Waals surface area contributed by atoms with Gasteiger partial charge in [0, 0.05) is 30.8 Å². The van der Waals surface area contributed by atoms with Gasteiger partial charge in [-0.05, 0) is 31.3 Å². The van der Waals surface area contributed by atoms with Gasteiger partial charge in [-0.25, -0.2) is 0 Å². The van der Waals surface area contributed by atoms with Gasteiger partial charge >= 0.3 is 0 Å². The van der Waals surface area contributed by atoms with Crippen LogP contribution in [0.25, 0.3) is 10.9 Å². The van der Waals surface area contributed by atoms with Gasteiger partial charge in [-0.2, -0.15) is 0 Å². The fourth-order valence-corrected chi connectivity index (χ4v) is 3.87. The first-order valence-electron chi connectivity index (χ1n) is 9.16. The molecule has 1 aromatic carbocycles. The molecule has 0 unspecified atom stereocenters. The molecule has 1 N–H and O–H groups in total. The third-order valence-corrected chi connectivity index (χ3v) is 5.29. The first kappa shape index (κ1) is 17.1. The van der Waals surface area contributed by atoms with E-state index < -0.39 is 0 Å². The number of carbonyl (C=O) groups excluding carboxylic acids is 1. The number of benzene rings is 1. The molecule has 1 saturated carbocycles. The summed E-state index contributed by atoms with van der Waals surface area (Å²) in [7, 11) is 4.28. The first-order valence-corrected chi connectivity index (χ1v) is 9.16. The summed E-state index contributed by atoms with van der Waals surface area (Å²) in [6, 6.07) is 9.02. The molecule has 1 aliphatic rings. The van der Waals surface area contributed by atoms with Gasteiger partial charge in [0.1, 0.15) is 14.4 Å². The van der Waals surface area contributed by atoms with E-state index in [1.807, 2.05) is 10.8 Å². The van der Waals surface area contributed by atoms with Gasteiger partial charge in [-0.3, -0.25) is 4.79 Å². The van der Waals surface area contributed by atoms with Crippen LogP contribution in [0.5, 0.6) is 0 Å². The lowest BCUT2D eigenvalue weighted by Crippen LogP contribution is -2.40. The Balaban J connectivity index is 1.48. The number of rotatable bonds is 6. The highest BCUT2D eigenvalue weighted by Gasteiger charge is 2.17. The molecule has 1 fully saturated rings. The predicted molar refractivity (Wildman–Crippen MR) is 103 cm³/mol. The van der Waals surface area contributed by atoms with Crippen molar-refractivity contribution in [2.75, 3.05) is 20.1 Å². The Morgan fingerprint density at radius 1 is 1.29 bits per heavy atom. The monoisotopic (exact) mass is 325 g/mol. The van der Waals surface area contributed by atoms with E-state index in [9.17, 15) is 4.79 Å². The second-order valence-corrected chi connectivity index (χ2v) is 7.08. The molecule has 1 heterocycles. The molecule has 0 atom stereocenters. The highest BCUT2D eigenvalue weighted by Crippen LogP contribution is 2.21. The van der Waals surface area contributed by atoms with Crippen molar-refractivity contribution >= 4 is 30.1 Å². The number of nitrogens with one attached hydrogen (secondary N) is 1. The van der Waals surface area contributed by atoms with E-state index in [1.165, 1.54) is 43.0 Å². The van der Waals surface area contributed by atoms with E-state index in [1.54, 1.807) is 0 Å². The molecule has 24 heavy (non-hydrogen) atoms. The number of para-hydroxylation sites is 1. The van der Waals surface area contributed by atoms with E-state index in [0.29, 0.717) is 12.6 Å². The van der Waals surface area contributed by atoms with Crippen molar-refractivity contribution in [3.05, 3.63) is 30.5 Å². The molecule has 1 aromatic heterocycles. The van der Waals surface area contributed by atoms with Gasteiger partial charge in [-0.15, -0.1) is 0 Å². The maximum absolute atomic E-state index is 12.3. The standard InChI is InChI=1S/C19H28BN3O/c1-22(16-7-3-2-4-8-16)13-11-21-18(24)14-23-12-10-15-6-5-9-17(20)19(15)23/h5-6,9-10,12,16H,2-4,7-8,11,13-14,20H2,1H3,(H,21,24). The Hall–Kier alpha value is -1.75. The van der Waals surface area contributed by atoms with Crippen molar-refractivity contribution in [2.24, 2.45) is 0 Å². The lowest BCUT2D eigenvalue weighted by molar-refractivity contribution is -0.121. The molecule has 0 spiro atoms. The lowest BCUT2D eigenvalue weighted by Gasteiger charge is -2.31. The maximum atomic E-state index is 12.3. The van der Waals surface area contributed by atoms with Gasteiger partial charge in [0.15, 0.2) is 0 Å². The summed E-state index contributed by atoms with van der Waals surface area (Å²) in [6.45, 7) is 2.05. The van der Waals surface area contributed by atoms with Crippen molar-refractivity contribution < 1.29 is 4.79 Å². The van der Waals surface area contributed by atoms with Gasteiger partial charge in [0.05, 0.1) is 0 Å². The normalized spacial score (nSPS) is 15.9. The summed E-state index contributed by atoms with van der Waals surface area (Å²) in [5.41, 5.74) is 2.37. The number of aromatic nitrogens is 1. The van der Waals surface area contributed by atoms with Crippen LogP contribution in [0.15, 0.2) is 30.5 Å². The zero-order chi connectivity index (χ0) is 16.9. The molecule has 1 amide bonds. The quantitative estimate of drug-likeness (QED) is 0.813. The average molecular weight is 325 g/mol. The largest absolute Gasteiger partial charge is 0.353 e. The molecule has 128 valence electrons. The van der Waals surface area contributed by atoms with Gasteiger partial charge in [-0.1, -0.05) is 42.9 Å². The Morgan fingerprint density at radius 2 is 2.08 bits per heavy atom. The van der Waals surface area contributed by atoms with E-state index in [2.05, 4.69) is 49.4 Å². The van der Waals surface area contributed by atoms with Crippen LogP contribution in [0.3, 0.4) is 0 Å². The number of amides is 1. The Kier molecular flexibility index (Phi) is 5.61. The summed E-state index contributed by atoms with van der Waals surface area (Å²) in [4.78, 5) is 14.7. The number of nitrogens with zero attached hydrogens (tertiary/aromatic N) is 2. The van der Waals surface area contributed by atoms with Crippen LogP contribution in [-0.2, 0) is 11.3 Å². The third-order valence-electron chi connectivity index (χ3n) is 5.29. The highest BCUT2D eigenvalue weighted by atomic mass is 16.1. The van der Waals surface area contributed by atoms with Crippen LogP contribution >= 0.6 is 0 Å². The minimum Gasteiger partial charge on any atom is -0.353 e. The number of likely N-dealkylation sites (N-methyl/N-ethyl adjacent to an activating group) is 1. The Morgan fingerprint density at radius 3 is 2.88 bits per heavy atom. The topological polar surface area (TPSA) is 37.3 Å². The summed E-state index contributed by atoms with van der Waals surface area (Å²) < 4.78 is 2.05. The van der Waals surface area contributed by atoms with Gasteiger partial charge in [0.25, 0.3) is 0 Å².